The molecule has 4 rings (SSSR count). The Kier molecular flexibility index (Phi) is 2.83. The normalized spacial score (nSPS) is 36.1. The average molecular weight is 326 g/mol. The van der Waals surface area contributed by atoms with Crippen molar-refractivity contribution in [3.63, 3.8) is 0 Å². The van der Waals surface area contributed by atoms with E-state index in [0.29, 0.717) is 13.2 Å². The average Bonchev–Trinajstić information content (AvgIpc) is 2.83. The van der Waals surface area contributed by atoms with Crippen molar-refractivity contribution in [1.82, 2.24) is 0 Å². The van der Waals surface area contributed by atoms with E-state index < -0.39 is 22.7 Å². The Morgan fingerprint density at radius 1 is 1.22 bits per heavy atom. The Morgan fingerprint density at radius 3 is 2.39 bits per heavy atom. The first-order chi connectivity index (χ1) is 11.1. The highest BCUT2D eigenvalue weighted by Crippen LogP contribution is 2.82. The van der Waals surface area contributed by atoms with E-state index >= 15 is 0 Å². The predicted octanol–water partition coefficient (Wildman–Crippen LogP) is 1.60. The smallest absolute Gasteiger partial charge is 0.293 e. The number of rotatable bonds is 2. The Morgan fingerprint density at radius 2 is 1.87 bits per heavy atom. The summed E-state index contributed by atoms with van der Waals surface area (Å²) in [5, 5.41) is 19.8. The van der Waals surface area contributed by atoms with Crippen molar-refractivity contribution in [2.45, 2.75) is 16.7 Å². The summed E-state index contributed by atoms with van der Waals surface area (Å²) in [6.07, 6.45) is 1.99. The van der Waals surface area contributed by atoms with Crippen molar-refractivity contribution in [2.75, 3.05) is 19.5 Å². The number of hydrogen-bond donors (Lipinski definition) is 1. The zero-order chi connectivity index (χ0) is 16.3. The molecule has 0 amide bonds. The fourth-order valence-electron chi connectivity index (χ4n) is 4.01. The van der Waals surface area contributed by atoms with E-state index in [9.17, 15) is 10.5 Å². The van der Waals surface area contributed by atoms with E-state index in [1.54, 1.807) is 11.8 Å². The van der Waals surface area contributed by atoms with Gasteiger partial charge in [-0.1, -0.05) is 12.1 Å². The lowest BCUT2D eigenvalue weighted by Crippen LogP contribution is -2.38. The van der Waals surface area contributed by atoms with Gasteiger partial charge in [0.15, 0.2) is 5.41 Å². The maximum atomic E-state index is 9.95. The number of benzene rings is 1. The van der Waals surface area contributed by atoms with Crippen LogP contribution in [0.25, 0.3) is 0 Å². The fourth-order valence-corrected chi connectivity index (χ4v) is 4.42. The SMILES string of the molecule is CSc1ccc([C@@H]2[C@]3(C#N)C(N)=NC4(OCCO4)[C@]23C#N)cc1. The molecular weight excluding hydrogens is 312 g/mol. The molecule has 1 spiro atoms. The number of nitrogens with zero attached hydrogens (tertiary/aromatic N) is 3. The molecule has 0 bridgehead atoms. The molecule has 116 valence electrons. The minimum absolute atomic E-state index is 0.127. The van der Waals surface area contributed by atoms with E-state index in [-0.39, 0.29) is 5.84 Å². The van der Waals surface area contributed by atoms with Gasteiger partial charge in [0.2, 0.25) is 0 Å². The second kappa shape index (κ2) is 4.48. The summed E-state index contributed by atoms with van der Waals surface area (Å²) in [5.41, 5.74) is 4.54. The van der Waals surface area contributed by atoms with Crippen LogP contribution in [-0.2, 0) is 9.47 Å². The van der Waals surface area contributed by atoms with Gasteiger partial charge in [-0.2, -0.15) is 10.5 Å². The molecule has 1 saturated heterocycles. The topological polar surface area (TPSA) is 104 Å². The number of nitriles is 2. The summed E-state index contributed by atoms with van der Waals surface area (Å²) in [5.74, 6) is -1.73. The molecule has 1 aliphatic carbocycles. The van der Waals surface area contributed by atoms with Gasteiger partial charge < -0.3 is 15.2 Å². The van der Waals surface area contributed by atoms with Crippen LogP contribution in [0, 0.1) is 33.5 Å². The first-order valence-corrected chi connectivity index (χ1v) is 8.44. The van der Waals surface area contributed by atoms with Crippen molar-refractivity contribution in [3.8, 4) is 12.1 Å². The molecular formula is C16H14N4O2S. The molecule has 2 heterocycles. The summed E-state index contributed by atoms with van der Waals surface area (Å²) in [6, 6.07) is 12.3. The maximum absolute atomic E-state index is 9.95. The monoisotopic (exact) mass is 326 g/mol. The molecule has 2 fully saturated rings. The lowest BCUT2D eigenvalue weighted by molar-refractivity contribution is -0.184. The van der Waals surface area contributed by atoms with Gasteiger partial charge >= 0.3 is 0 Å². The quantitative estimate of drug-likeness (QED) is 0.828. The number of ether oxygens (including phenoxy) is 2. The molecule has 1 saturated carbocycles. The maximum Gasteiger partial charge on any atom is 0.293 e. The van der Waals surface area contributed by atoms with E-state index in [4.69, 9.17) is 15.2 Å². The second-order valence-electron chi connectivity index (χ2n) is 5.82. The third-order valence-electron chi connectivity index (χ3n) is 5.06. The molecule has 2 aliphatic heterocycles. The van der Waals surface area contributed by atoms with Crippen LogP contribution in [0.15, 0.2) is 34.2 Å². The molecule has 2 N–H and O–H groups in total. The largest absolute Gasteiger partial charge is 0.386 e. The van der Waals surface area contributed by atoms with Gasteiger partial charge in [-0.25, -0.2) is 4.99 Å². The summed E-state index contributed by atoms with van der Waals surface area (Å²) < 4.78 is 11.4. The first kappa shape index (κ1) is 14.5. The van der Waals surface area contributed by atoms with Crippen molar-refractivity contribution in [2.24, 2.45) is 21.6 Å². The summed E-state index contributed by atoms with van der Waals surface area (Å²) in [4.78, 5) is 5.36. The number of aliphatic imine (C=N–C) groups is 1. The second-order valence-corrected chi connectivity index (χ2v) is 6.70. The van der Waals surface area contributed by atoms with Crippen molar-refractivity contribution in [1.29, 1.82) is 10.5 Å². The van der Waals surface area contributed by atoms with Crippen LogP contribution in [0.5, 0.6) is 0 Å². The number of hydrogen-bond acceptors (Lipinski definition) is 7. The Hall–Kier alpha value is -2.06. The minimum Gasteiger partial charge on any atom is -0.386 e. The summed E-state index contributed by atoms with van der Waals surface area (Å²) in [6.45, 7) is 0.666. The van der Waals surface area contributed by atoms with E-state index in [0.717, 1.165) is 10.5 Å². The Labute approximate surface area is 137 Å². The highest BCUT2D eigenvalue weighted by Gasteiger charge is 2.94. The lowest BCUT2D eigenvalue weighted by atomic mass is 9.94. The summed E-state index contributed by atoms with van der Waals surface area (Å²) in [7, 11) is 0. The Balaban J connectivity index is 1.87. The fraction of sp³-hybridized carbons (Fsp3) is 0.438. The van der Waals surface area contributed by atoms with Crippen LogP contribution in [0.4, 0.5) is 0 Å². The molecule has 1 aromatic carbocycles. The molecule has 0 radical (unpaired) electrons. The number of thioether (sulfide) groups is 1. The molecule has 1 aromatic rings. The molecule has 0 aromatic heterocycles. The van der Waals surface area contributed by atoms with Crippen molar-refractivity contribution >= 4 is 17.6 Å². The molecule has 6 nitrogen and oxygen atoms in total. The van der Waals surface area contributed by atoms with Gasteiger partial charge in [0.25, 0.3) is 5.91 Å². The molecule has 3 atom stereocenters. The molecule has 0 unspecified atom stereocenters. The van der Waals surface area contributed by atoms with E-state index in [1.165, 1.54) is 0 Å². The van der Waals surface area contributed by atoms with Gasteiger partial charge in [-0.3, -0.25) is 0 Å². The Bertz CT molecular complexity index is 788. The van der Waals surface area contributed by atoms with Crippen LogP contribution < -0.4 is 5.73 Å². The number of nitrogens with two attached hydrogens (primary N) is 1. The van der Waals surface area contributed by atoms with Crippen LogP contribution in [-0.4, -0.2) is 31.2 Å². The van der Waals surface area contributed by atoms with Crippen molar-refractivity contribution < 1.29 is 9.47 Å². The number of fused-ring (bicyclic) bond motifs is 2. The predicted molar refractivity (Wildman–Crippen MR) is 83.3 cm³/mol. The minimum atomic E-state index is -1.45. The zero-order valence-electron chi connectivity index (χ0n) is 12.4. The molecule has 7 heteroatoms. The van der Waals surface area contributed by atoms with Gasteiger partial charge in [-0.15, -0.1) is 11.8 Å². The molecule has 23 heavy (non-hydrogen) atoms. The van der Waals surface area contributed by atoms with Crippen LogP contribution in [0.1, 0.15) is 11.5 Å². The number of amidine groups is 1. The van der Waals surface area contributed by atoms with Gasteiger partial charge in [0, 0.05) is 10.8 Å². The van der Waals surface area contributed by atoms with Crippen LogP contribution in [0.3, 0.4) is 0 Å². The van der Waals surface area contributed by atoms with Gasteiger partial charge in [0.05, 0.1) is 25.4 Å². The van der Waals surface area contributed by atoms with E-state index in [2.05, 4.69) is 17.1 Å². The van der Waals surface area contributed by atoms with Gasteiger partial charge in [-0.05, 0) is 24.0 Å². The standard InChI is InChI=1S/C16H14N4O2S/c1-23-11-4-2-10(3-5-11)12-14(8-17)13(19)20-16(15(12,14)9-18)21-6-7-22-16/h2-5,12H,6-7H2,1H3,(H2,19,20)/t12-,14-,15-/m1/s1. The molecule has 3 aliphatic rings. The summed E-state index contributed by atoms with van der Waals surface area (Å²) >= 11 is 1.63. The highest BCUT2D eigenvalue weighted by atomic mass is 32.2. The van der Waals surface area contributed by atoms with E-state index in [1.807, 2.05) is 30.5 Å². The highest BCUT2D eigenvalue weighted by molar-refractivity contribution is 7.98. The third kappa shape index (κ3) is 1.39. The van der Waals surface area contributed by atoms with Crippen LogP contribution >= 0.6 is 11.8 Å². The lowest BCUT2D eigenvalue weighted by Gasteiger charge is -2.25. The zero-order valence-corrected chi connectivity index (χ0v) is 13.3. The van der Waals surface area contributed by atoms with Crippen molar-refractivity contribution in [3.05, 3.63) is 29.8 Å². The van der Waals surface area contributed by atoms with Crippen LogP contribution in [0.2, 0.25) is 0 Å². The first-order valence-electron chi connectivity index (χ1n) is 7.22. The third-order valence-corrected chi connectivity index (χ3v) is 5.80. The van der Waals surface area contributed by atoms with Gasteiger partial charge in [0.1, 0.15) is 11.3 Å².